The van der Waals surface area contributed by atoms with Gasteiger partial charge in [-0.2, -0.15) is 0 Å². The van der Waals surface area contributed by atoms with Crippen molar-refractivity contribution < 1.29 is 0 Å². The van der Waals surface area contributed by atoms with Crippen LogP contribution in [-0.2, 0) is 20.1 Å². The lowest BCUT2D eigenvalue weighted by Crippen LogP contribution is -2.36. The molecule has 0 aliphatic carbocycles. The van der Waals surface area contributed by atoms with Gasteiger partial charge in [0, 0.05) is 40.1 Å². The molecule has 1 aromatic carbocycles. The summed E-state index contributed by atoms with van der Waals surface area (Å²) in [4.78, 5) is 6.65. The van der Waals surface area contributed by atoms with Gasteiger partial charge >= 0.3 is 0 Å². The summed E-state index contributed by atoms with van der Waals surface area (Å²) >= 11 is 0. The van der Waals surface area contributed by atoms with E-state index >= 15 is 0 Å². The first kappa shape index (κ1) is 14.2. The normalized spacial score (nSPS) is 11.4. The van der Waals surface area contributed by atoms with Crippen LogP contribution in [0.3, 0.4) is 0 Å². The molecule has 0 unspecified atom stereocenters. The molecule has 1 heterocycles. The summed E-state index contributed by atoms with van der Waals surface area (Å²) in [5, 5.41) is 3.38. The molecule has 0 saturated carbocycles. The first-order chi connectivity index (χ1) is 9.65. The molecule has 0 fully saturated rings. The number of aliphatic imine (C=N–C) groups is 1. The highest BCUT2D eigenvalue weighted by Gasteiger charge is 2.02. The lowest BCUT2D eigenvalue weighted by Gasteiger charge is -2.17. The van der Waals surface area contributed by atoms with Crippen molar-refractivity contribution in [3.8, 4) is 0 Å². The summed E-state index contributed by atoms with van der Waals surface area (Å²) < 4.78 is 2.04. The van der Waals surface area contributed by atoms with E-state index in [1.165, 1.54) is 11.1 Å². The molecule has 4 heteroatoms. The zero-order valence-corrected chi connectivity index (χ0v) is 12.4. The van der Waals surface area contributed by atoms with Crippen molar-refractivity contribution in [3.05, 3.63) is 59.9 Å². The number of benzene rings is 1. The van der Waals surface area contributed by atoms with Crippen molar-refractivity contribution in [2.75, 3.05) is 14.1 Å². The lowest BCUT2D eigenvalue weighted by atomic mass is 10.2. The fourth-order valence-corrected chi connectivity index (χ4v) is 1.95. The summed E-state index contributed by atoms with van der Waals surface area (Å²) in [6, 6.07) is 12.4. The minimum atomic E-state index is 0.691. The zero-order valence-electron chi connectivity index (χ0n) is 12.4. The summed E-state index contributed by atoms with van der Waals surface area (Å²) in [5.74, 6) is 0.901. The molecule has 0 radical (unpaired) electrons. The molecule has 2 rings (SSSR count). The third-order valence-corrected chi connectivity index (χ3v) is 3.02. The Balaban J connectivity index is 1.96. The Morgan fingerprint density at radius 2 is 1.90 bits per heavy atom. The Kier molecular flexibility index (Phi) is 4.82. The van der Waals surface area contributed by atoms with Crippen LogP contribution < -0.4 is 5.32 Å². The fourth-order valence-electron chi connectivity index (χ4n) is 1.95. The number of hydrogen-bond donors (Lipinski definition) is 1. The van der Waals surface area contributed by atoms with Crippen LogP contribution in [0.4, 0.5) is 0 Å². The van der Waals surface area contributed by atoms with Gasteiger partial charge in [-0.15, -0.1) is 0 Å². The van der Waals surface area contributed by atoms with E-state index < -0.39 is 0 Å². The smallest absolute Gasteiger partial charge is 0.194 e. The van der Waals surface area contributed by atoms with Gasteiger partial charge in [-0.3, -0.25) is 0 Å². The van der Waals surface area contributed by atoms with Crippen molar-refractivity contribution in [1.29, 1.82) is 0 Å². The Labute approximate surface area is 120 Å². The maximum absolute atomic E-state index is 4.64. The van der Waals surface area contributed by atoms with Gasteiger partial charge < -0.3 is 14.8 Å². The SMILES string of the molecule is CN(C)C(=NCc1ccn(C)c1)NCc1ccccc1. The van der Waals surface area contributed by atoms with E-state index in [1.807, 2.05) is 55.0 Å². The number of nitrogens with one attached hydrogen (secondary N) is 1. The molecule has 0 aliphatic heterocycles. The molecule has 0 atom stereocenters. The third kappa shape index (κ3) is 4.16. The number of rotatable bonds is 4. The Morgan fingerprint density at radius 1 is 1.15 bits per heavy atom. The Morgan fingerprint density at radius 3 is 2.50 bits per heavy atom. The number of aromatic nitrogens is 1. The largest absolute Gasteiger partial charge is 0.357 e. The third-order valence-electron chi connectivity index (χ3n) is 3.02. The molecule has 106 valence electrons. The second-order valence-electron chi connectivity index (χ2n) is 5.06. The van der Waals surface area contributed by atoms with Crippen molar-refractivity contribution in [3.63, 3.8) is 0 Å². The van der Waals surface area contributed by atoms with Crippen LogP contribution in [-0.4, -0.2) is 29.5 Å². The Bertz CT molecular complexity index is 555. The highest BCUT2D eigenvalue weighted by atomic mass is 15.3. The molecule has 20 heavy (non-hydrogen) atoms. The van der Waals surface area contributed by atoms with Crippen molar-refractivity contribution in [2.24, 2.45) is 12.0 Å². The maximum Gasteiger partial charge on any atom is 0.194 e. The second kappa shape index (κ2) is 6.80. The average Bonchev–Trinajstić information content (AvgIpc) is 2.85. The molecule has 1 aromatic heterocycles. The van der Waals surface area contributed by atoms with Gasteiger partial charge in [-0.25, -0.2) is 4.99 Å². The topological polar surface area (TPSA) is 32.6 Å². The van der Waals surface area contributed by atoms with Crippen LogP contribution >= 0.6 is 0 Å². The predicted molar refractivity (Wildman–Crippen MR) is 83.5 cm³/mol. The molecule has 0 aliphatic rings. The van der Waals surface area contributed by atoms with E-state index in [1.54, 1.807) is 0 Å². The number of guanidine groups is 1. The fraction of sp³-hybridized carbons (Fsp3) is 0.312. The van der Waals surface area contributed by atoms with E-state index in [0.29, 0.717) is 6.54 Å². The van der Waals surface area contributed by atoms with Gasteiger partial charge in [-0.1, -0.05) is 30.3 Å². The van der Waals surface area contributed by atoms with E-state index in [0.717, 1.165) is 12.5 Å². The van der Waals surface area contributed by atoms with Crippen LogP contribution in [0, 0.1) is 0 Å². The molecule has 1 N–H and O–H groups in total. The molecule has 4 nitrogen and oxygen atoms in total. The van der Waals surface area contributed by atoms with Crippen LogP contribution in [0.2, 0.25) is 0 Å². The van der Waals surface area contributed by atoms with Crippen molar-refractivity contribution in [1.82, 2.24) is 14.8 Å². The molecular formula is C16H22N4. The average molecular weight is 270 g/mol. The zero-order chi connectivity index (χ0) is 14.4. The molecule has 0 bridgehead atoms. The minimum absolute atomic E-state index is 0.691. The van der Waals surface area contributed by atoms with Crippen LogP contribution in [0.1, 0.15) is 11.1 Å². The quantitative estimate of drug-likeness (QED) is 0.682. The van der Waals surface area contributed by atoms with Crippen molar-refractivity contribution in [2.45, 2.75) is 13.1 Å². The molecule has 0 spiro atoms. The summed E-state index contributed by atoms with van der Waals surface area (Å²) in [6.07, 6.45) is 4.13. The van der Waals surface area contributed by atoms with E-state index in [2.05, 4.69) is 34.7 Å². The van der Waals surface area contributed by atoms with E-state index in [9.17, 15) is 0 Å². The van der Waals surface area contributed by atoms with Crippen LogP contribution in [0.25, 0.3) is 0 Å². The summed E-state index contributed by atoms with van der Waals surface area (Å²) in [5.41, 5.74) is 2.47. The van der Waals surface area contributed by atoms with Crippen LogP contribution in [0.5, 0.6) is 0 Å². The monoisotopic (exact) mass is 270 g/mol. The lowest BCUT2D eigenvalue weighted by molar-refractivity contribution is 0.578. The predicted octanol–water partition coefficient (Wildman–Crippen LogP) is 2.23. The first-order valence-corrected chi connectivity index (χ1v) is 6.75. The molecular weight excluding hydrogens is 248 g/mol. The number of aryl methyl sites for hydroxylation is 1. The maximum atomic E-state index is 4.64. The Hall–Kier alpha value is -2.23. The molecule has 0 saturated heterocycles. The standard InChI is InChI=1S/C16H22N4/c1-19(2)16(17-11-14-7-5-4-6-8-14)18-12-15-9-10-20(3)13-15/h4-10,13H,11-12H2,1-3H3,(H,17,18). The van der Waals surface area contributed by atoms with Gasteiger partial charge in [0.05, 0.1) is 6.54 Å². The van der Waals surface area contributed by atoms with E-state index in [4.69, 9.17) is 0 Å². The number of hydrogen-bond acceptors (Lipinski definition) is 1. The van der Waals surface area contributed by atoms with Gasteiger partial charge in [0.25, 0.3) is 0 Å². The number of nitrogens with zero attached hydrogens (tertiary/aromatic N) is 3. The first-order valence-electron chi connectivity index (χ1n) is 6.75. The van der Waals surface area contributed by atoms with Gasteiger partial charge in [0.2, 0.25) is 0 Å². The van der Waals surface area contributed by atoms with E-state index in [-0.39, 0.29) is 0 Å². The summed E-state index contributed by atoms with van der Waals surface area (Å²) in [7, 11) is 6.03. The van der Waals surface area contributed by atoms with Crippen molar-refractivity contribution >= 4 is 5.96 Å². The van der Waals surface area contributed by atoms with Gasteiger partial charge in [0.1, 0.15) is 0 Å². The van der Waals surface area contributed by atoms with Crippen LogP contribution in [0.15, 0.2) is 53.8 Å². The van der Waals surface area contributed by atoms with Gasteiger partial charge in [0.15, 0.2) is 5.96 Å². The molecule has 0 amide bonds. The summed E-state index contributed by atoms with van der Waals surface area (Å²) in [6.45, 7) is 1.47. The second-order valence-corrected chi connectivity index (χ2v) is 5.06. The minimum Gasteiger partial charge on any atom is -0.357 e. The molecule has 2 aromatic rings. The highest BCUT2D eigenvalue weighted by molar-refractivity contribution is 5.79. The van der Waals surface area contributed by atoms with Gasteiger partial charge in [-0.05, 0) is 17.2 Å². The highest BCUT2D eigenvalue weighted by Crippen LogP contribution is 2.02.